The minimum Gasteiger partial charge on any atom is -0.493 e. The molecular formula is C14H17N3O. The van der Waals surface area contributed by atoms with Gasteiger partial charge in [0.2, 0.25) is 0 Å². The maximum absolute atomic E-state index is 5.74. The van der Waals surface area contributed by atoms with Crippen LogP contribution in [0.3, 0.4) is 0 Å². The lowest BCUT2D eigenvalue weighted by molar-refractivity contribution is 0.288. The third kappa shape index (κ3) is 1.78. The summed E-state index contributed by atoms with van der Waals surface area (Å²) in [6, 6.07) is 6.34. The summed E-state index contributed by atoms with van der Waals surface area (Å²) < 4.78 is 7.66. The van der Waals surface area contributed by atoms with Crippen LogP contribution in [0.25, 0.3) is 11.3 Å². The lowest BCUT2D eigenvalue weighted by Gasteiger charge is -2.18. The summed E-state index contributed by atoms with van der Waals surface area (Å²) in [4.78, 5) is 4.33. The van der Waals surface area contributed by atoms with Gasteiger partial charge in [0.1, 0.15) is 5.75 Å². The Hall–Kier alpha value is -1.81. The first kappa shape index (κ1) is 11.3. The minimum atomic E-state index is 0.462. The fraction of sp³-hybridized carbons (Fsp3) is 0.357. The Kier molecular flexibility index (Phi) is 2.80. The summed E-state index contributed by atoms with van der Waals surface area (Å²) in [5.74, 6) is 1.02. The van der Waals surface area contributed by atoms with Crippen LogP contribution in [0.15, 0.2) is 24.5 Å². The van der Waals surface area contributed by atoms with Crippen LogP contribution in [0, 0.1) is 0 Å². The van der Waals surface area contributed by atoms with Crippen LogP contribution >= 0.6 is 0 Å². The molecule has 2 N–H and O–H groups in total. The maximum Gasteiger partial charge on any atom is 0.122 e. The largest absolute Gasteiger partial charge is 0.493 e. The van der Waals surface area contributed by atoms with Gasteiger partial charge in [-0.2, -0.15) is 0 Å². The number of fused-ring (bicyclic) bond motifs is 1. The molecule has 0 saturated carbocycles. The van der Waals surface area contributed by atoms with Gasteiger partial charge in [-0.25, -0.2) is 4.98 Å². The van der Waals surface area contributed by atoms with Gasteiger partial charge < -0.3 is 15.0 Å². The Bertz CT molecular complexity index is 574. The molecule has 94 valence electrons. The van der Waals surface area contributed by atoms with E-state index in [1.54, 1.807) is 0 Å². The van der Waals surface area contributed by atoms with Crippen molar-refractivity contribution >= 4 is 0 Å². The number of hydrogen-bond acceptors (Lipinski definition) is 3. The molecule has 0 spiro atoms. The summed E-state index contributed by atoms with van der Waals surface area (Å²) in [5, 5.41) is 0. The SMILES string of the molecule is Cn1cnc(CN)c1-c1ccc2c(c1)CCCO2. The molecule has 0 aliphatic carbocycles. The van der Waals surface area contributed by atoms with Crippen molar-refractivity contribution in [2.75, 3.05) is 6.61 Å². The minimum absolute atomic E-state index is 0.462. The van der Waals surface area contributed by atoms with Gasteiger partial charge >= 0.3 is 0 Å². The second kappa shape index (κ2) is 4.46. The Morgan fingerprint density at radius 3 is 3.17 bits per heavy atom. The lowest BCUT2D eigenvalue weighted by Crippen LogP contribution is -2.08. The number of benzene rings is 1. The van der Waals surface area contributed by atoms with E-state index in [4.69, 9.17) is 10.5 Å². The van der Waals surface area contributed by atoms with E-state index in [0.717, 1.165) is 36.6 Å². The van der Waals surface area contributed by atoms with Gasteiger partial charge in [-0.3, -0.25) is 0 Å². The van der Waals surface area contributed by atoms with E-state index in [1.165, 1.54) is 11.1 Å². The highest BCUT2D eigenvalue weighted by Gasteiger charge is 2.14. The first-order chi connectivity index (χ1) is 8.79. The molecule has 1 aromatic carbocycles. The number of aromatic nitrogens is 2. The average molecular weight is 243 g/mol. The van der Waals surface area contributed by atoms with Crippen molar-refractivity contribution in [1.29, 1.82) is 0 Å². The molecule has 1 aliphatic rings. The van der Waals surface area contributed by atoms with Gasteiger partial charge in [0, 0.05) is 19.2 Å². The lowest BCUT2D eigenvalue weighted by atomic mass is 10.0. The molecule has 18 heavy (non-hydrogen) atoms. The third-order valence-electron chi connectivity index (χ3n) is 3.39. The molecule has 4 nitrogen and oxygen atoms in total. The Balaban J connectivity index is 2.09. The van der Waals surface area contributed by atoms with E-state index in [9.17, 15) is 0 Å². The zero-order valence-corrected chi connectivity index (χ0v) is 10.5. The molecule has 0 fully saturated rings. The van der Waals surface area contributed by atoms with Crippen molar-refractivity contribution in [3.8, 4) is 17.0 Å². The molecule has 0 atom stereocenters. The van der Waals surface area contributed by atoms with Gasteiger partial charge in [-0.1, -0.05) is 0 Å². The molecule has 4 heteroatoms. The van der Waals surface area contributed by atoms with Gasteiger partial charge in [-0.05, 0) is 36.6 Å². The van der Waals surface area contributed by atoms with Crippen molar-refractivity contribution in [2.45, 2.75) is 19.4 Å². The highest BCUT2D eigenvalue weighted by Crippen LogP contribution is 2.31. The first-order valence-corrected chi connectivity index (χ1v) is 6.26. The van der Waals surface area contributed by atoms with Crippen LogP contribution in [0.2, 0.25) is 0 Å². The van der Waals surface area contributed by atoms with Crippen LogP contribution in [0.1, 0.15) is 17.7 Å². The fourth-order valence-corrected chi connectivity index (χ4v) is 2.51. The van der Waals surface area contributed by atoms with Crippen molar-refractivity contribution in [1.82, 2.24) is 9.55 Å². The van der Waals surface area contributed by atoms with E-state index in [1.807, 2.05) is 17.9 Å². The van der Waals surface area contributed by atoms with E-state index < -0.39 is 0 Å². The molecule has 0 amide bonds. The number of hydrogen-bond donors (Lipinski definition) is 1. The van der Waals surface area contributed by atoms with Gasteiger partial charge in [0.15, 0.2) is 0 Å². The van der Waals surface area contributed by atoms with Crippen molar-refractivity contribution < 1.29 is 4.74 Å². The normalized spacial score (nSPS) is 14.1. The summed E-state index contributed by atoms with van der Waals surface area (Å²) in [6.07, 6.45) is 3.98. The molecular weight excluding hydrogens is 226 g/mol. The zero-order chi connectivity index (χ0) is 12.5. The van der Waals surface area contributed by atoms with Crippen molar-refractivity contribution in [2.24, 2.45) is 12.8 Å². The molecule has 3 rings (SSSR count). The topological polar surface area (TPSA) is 53.1 Å². The van der Waals surface area contributed by atoms with Crippen molar-refractivity contribution in [3.63, 3.8) is 0 Å². The van der Waals surface area contributed by atoms with Crippen LogP contribution in [-0.4, -0.2) is 16.2 Å². The zero-order valence-electron chi connectivity index (χ0n) is 10.5. The Morgan fingerprint density at radius 1 is 1.44 bits per heavy atom. The predicted molar refractivity (Wildman–Crippen MR) is 70.4 cm³/mol. The van der Waals surface area contributed by atoms with Gasteiger partial charge in [-0.15, -0.1) is 0 Å². The van der Waals surface area contributed by atoms with E-state index in [0.29, 0.717) is 6.54 Å². The maximum atomic E-state index is 5.74. The molecule has 1 aromatic heterocycles. The van der Waals surface area contributed by atoms with Crippen molar-refractivity contribution in [3.05, 3.63) is 35.8 Å². The number of imidazole rings is 1. The molecule has 0 radical (unpaired) electrons. The summed E-state index contributed by atoms with van der Waals surface area (Å²) in [5.41, 5.74) is 10.2. The summed E-state index contributed by atoms with van der Waals surface area (Å²) in [6.45, 7) is 1.29. The van der Waals surface area contributed by atoms with Crippen LogP contribution in [0.4, 0.5) is 0 Å². The van der Waals surface area contributed by atoms with Gasteiger partial charge in [0.25, 0.3) is 0 Å². The second-order valence-electron chi connectivity index (χ2n) is 4.63. The molecule has 2 heterocycles. The summed E-state index contributed by atoms with van der Waals surface area (Å²) in [7, 11) is 2.00. The first-order valence-electron chi connectivity index (χ1n) is 6.26. The van der Waals surface area contributed by atoms with Crippen LogP contribution < -0.4 is 10.5 Å². The quantitative estimate of drug-likeness (QED) is 0.876. The highest BCUT2D eigenvalue weighted by molar-refractivity contribution is 5.65. The number of aryl methyl sites for hydroxylation is 2. The number of nitrogens with two attached hydrogens (primary N) is 1. The average Bonchev–Trinajstić information content (AvgIpc) is 2.79. The van der Waals surface area contributed by atoms with Crippen LogP contribution in [0.5, 0.6) is 5.75 Å². The van der Waals surface area contributed by atoms with E-state index in [-0.39, 0.29) is 0 Å². The van der Waals surface area contributed by atoms with E-state index >= 15 is 0 Å². The number of ether oxygens (including phenoxy) is 1. The van der Waals surface area contributed by atoms with E-state index in [2.05, 4.69) is 23.2 Å². The van der Waals surface area contributed by atoms with Crippen LogP contribution in [-0.2, 0) is 20.0 Å². The Morgan fingerprint density at radius 2 is 2.33 bits per heavy atom. The molecule has 0 unspecified atom stereocenters. The molecule has 0 bridgehead atoms. The third-order valence-corrected chi connectivity index (χ3v) is 3.39. The monoisotopic (exact) mass is 243 g/mol. The highest BCUT2D eigenvalue weighted by atomic mass is 16.5. The molecule has 2 aromatic rings. The number of rotatable bonds is 2. The standard InChI is InChI=1S/C14H17N3O/c1-17-9-16-12(8-15)14(17)11-4-5-13-10(7-11)3-2-6-18-13/h4-5,7,9H,2-3,6,8,15H2,1H3. The molecule has 0 saturated heterocycles. The fourth-order valence-electron chi connectivity index (χ4n) is 2.51. The Labute approximate surface area is 106 Å². The number of nitrogens with zero attached hydrogens (tertiary/aromatic N) is 2. The summed E-state index contributed by atoms with van der Waals surface area (Å²) >= 11 is 0. The second-order valence-corrected chi connectivity index (χ2v) is 4.63. The molecule has 1 aliphatic heterocycles. The smallest absolute Gasteiger partial charge is 0.122 e. The predicted octanol–water partition coefficient (Wildman–Crippen LogP) is 1.87. The van der Waals surface area contributed by atoms with Gasteiger partial charge in [0.05, 0.1) is 24.3 Å².